The SMILES string of the molecule is O=C(O)c1ccccc1S(=O)(=O)c1cccc2ccccc12. The molecule has 22 heavy (non-hydrogen) atoms. The van der Waals surface area contributed by atoms with Crippen molar-refractivity contribution in [1.82, 2.24) is 0 Å². The molecule has 0 radical (unpaired) electrons. The molecule has 0 bridgehead atoms. The zero-order valence-electron chi connectivity index (χ0n) is 11.4. The number of carboxylic acids is 1. The van der Waals surface area contributed by atoms with Gasteiger partial charge in [-0.15, -0.1) is 0 Å². The third-order valence-corrected chi connectivity index (χ3v) is 5.32. The molecule has 3 aromatic carbocycles. The third kappa shape index (κ3) is 2.25. The highest BCUT2D eigenvalue weighted by molar-refractivity contribution is 7.91. The second kappa shape index (κ2) is 5.27. The fraction of sp³-hybridized carbons (Fsp3) is 0. The van der Waals surface area contributed by atoms with Gasteiger partial charge < -0.3 is 5.11 Å². The van der Waals surface area contributed by atoms with E-state index in [4.69, 9.17) is 0 Å². The molecule has 0 saturated heterocycles. The zero-order valence-corrected chi connectivity index (χ0v) is 12.2. The maximum Gasteiger partial charge on any atom is 0.337 e. The van der Waals surface area contributed by atoms with E-state index in [0.29, 0.717) is 5.39 Å². The summed E-state index contributed by atoms with van der Waals surface area (Å²) < 4.78 is 25.8. The third-order valence-electron chi connectivity index (χ3n) is 3.45. The van der Waals surface area contributed by atoms with Crippen molar-refractivity contribution in [3.05, 3.63) is 72.3 Å². The molecular formula is C17H12O4S. The summed E-state index contributed by atoms with van der Waals surface area (Å²) in [4.78, 5) is 11.2. The lowest BCUT2D eigenvalue weighted by atomic mass is 10.1. The molecule has 4 nitrogen and oxygen atoms in total. The Hall–Kier alpha value is -2.66. The van der Waals surface area contributed by atoms with Crippen LogP contribution in [0.3, 0.4) is 0 Å². The van der Waals surface area contributed by atoms with Gasteiger partial charge in [0.15, 0.2) is 0 Å². The van der Waals surface area contributed by atoms with Gasteiger partial charge in [0.05, 0.1) is 15.4 Å². The highest BCUT2D eigenvalue weighted by atomic mass is 32.2. The Labute approximate surface area is 127 Å². The van der Waals surface area contributed by atoms with Crippen LogP contribution in [0.2, 0.25) is 0 Å². The molecule has 0 aromatic heterocycles. The van der Waals surface area contributed by atoms with Crippen LogP contribution in [0.4, 0.5) is 0 Å². The maximum absolute atomic E-state index is 12.9. The first kappa shape index (κ1) is 14.3. The Kier molecular flexibility index (Phi) is 3.42. The lowest BCUT2D eigenvalue weighted by Crippen LogP contribution is -2.09. The van der Waals surface area contributed by atoms with Gasteiger partial charge in [-0.05, 0) is 23.6 Å². The van der Waals surface area contributed by atoms with Crippen molar-refractivity contribution in [3.63, 3.8) is 0 Å². The van der Waals surface area contributed by atoms with Crippen molar-refractivity contribution < 1.29 is 18.3 Å². The van der Waals surface area contributed by atoms with Crippen molar-refractivity contribution in [1.29, 1.82) is 0 Å². The van der Waals surface area contributed by atoms with Gasteiger partial charge in [-0.3, -0.25) is 0 Å². The predicted octanol–water partition coefficient (Wildman–Crippen LogP) is 3.37. The van der Waals surface area contributed by atoms with E-state index in [9.17, 15) is 18.3 Å². The minimum Gasteiger partial charge on any atom is -0.478 e. The van der Waals surface area contributed by atoms with Crippen LogP contribution in [0.15, 0.2) is 76.5 Å². The number of sulfone groups is 1. The van der Waals surface area contributed by atoms with E-state index in [0.717, 1.165) is 5.39 Å². The average Bonchev–Trinajstić information content (AvgIpc) is 2.54. The van der Waals surface area contributed by atoms with Crippen LogP contribution in [0.25, 0.3) is 10.8 Å². The summed E-state index contributed by atoms with van der Waals surface area (Å²) in [6.45, 7) is 0. The molecule has 0 atom stereocenters. The molecule has 1 N–H and O–H groups in total. The van der Waals surface area contributed by atoms with Gasteiger partial charge in [0.25, 0.3) is 0 Å². The lowest BCUT2D eigenvalue weighted by Gasteiger charge is -2.10. The average molecular weight is 312 g/mol. The fourth-order valence-corrected chi connectivity index (χ4v) is 4.10. The van der Waals surface area contributed by atoms with Crippen LogP contribution in [-0.4, -0.2) is 19.5 Å². The first-order valence-corrected chi connectivity index (χ1v) is 8.05. The van der Waals surface area contributed by atoms with E-state index in [-0.39, 0.29) is 15.4 Å². The van der Waals surface area contributed by atoms with E-state index in [2.05, 4.69) is 0 Å². The van der Waals surface area contributed by atoms with E-state index in [1.165, 1.54) is 30.3 Å². The van der Waals surface area contributed by atoms with Crippen LogP contribution in [0.5, 0.6) is 0 Å². The largest absolute Gasteiger partial charge is 0.478 e. The van der Waals surface area contributed by atoms with Crippen LogP contribution < -0.4 is 0 Å². The summed E-state index contributed by atoms with van der Waals surface area (Å²) in [5.41, 5.74) is -0.226. The number of carbonyl (C=O) groups is 1. The number of fused-ring (bicyclic) bond motifs is 1. The first-order valence-electron chi connectivity index (χ1n) is 6.57. The zero-order chi connectivity index (χ0) is 15.7. The topological polar surface area (TPSA) is 71.4 Å². The quantitative estimate of drug-likeness (QED) is 0.805. The molecule has 0 unspecified atom stereocenters. The van der Waals surface area contributed by atoms with Crippen molar-refractivity contribution in [2.75, 3.05) is 0 Å². The number of hydrogen-bond acceptors (Lipinski definition) is 3. The summed E-state index contributed by atoms with van der Waals surface area (Å²) in [5.74, 6) is -1.26. The fourth-order valence-electron chi connectivity index (χ4n) is 2.43. The Morgan fingerprint density at radius 3 is 2.14 bits per heavy atom. The van der Waals surface area contributed by atoms with Gasteiger partial charge >= 0.3 is 5.97 Å². The molecule has 0 aliphatic heterocycles. The van der Waals surface area contributed by atoms with E-state index in [1.54, 1.807) is 18.2 Å². The Balaban J connectivity index is 2.33. The van der Waals surface area contributed by atoms with E-state index >= 15 is 0 Å². The normalized spacial score (nSPS) is 11.5. The molecule has 0 saturated carbocycles. The minimum atomic E-state index is -3.92. The second-order valence-corrected chi connectivity index (χ2v) is 6.67. The van der Waals surface area contributed by atoms with Crippen molar-refractivity contribution in [2.24, 2.45) is 0 Å². The van der Waals surface area contributed by atoms with Crippen LogP contribution in [0, 0.1) is 0 Å². The van der Waals surface area contributed by atoms with Gasteiger partial charge in [-0.2, -0.15) is 0 Å². The molecule has 0 spiro atoms. The predicted molar refractivity (Wildman–Crippen MR) is 82.8 cm³/mol. The molecule has 3 rings (SSSR count). The molecule has 0 aliphatic rings. The van der Waals surface area contributed by atoms with Gasteiger partial charge in [0, 0.05) is 5.39 Å². The molecule has 110 valence electrons. The molecule has 5 heteroatoms. The minimum absolute atomic E-state index is 0.110. The van der Waals surface area contributed by atoms with Crippen LogP contribution in [-0.2, 0) is 9.84 Å². The highest BCUT2D eigenvalue weighted by Gasteiger charge is 2.25. The monoisotopic (exact) mass is 312 g/mol. The summed E-state index contributed by atoms with van der Waals surface area (Å²) in [5, 5.41) is 10.6. The summed E-state index contributed by atoms with van der Waals surface area (Å²) in [6.07, 6.45) is 0. The van der Waals surface area contributed by atoms with Gasteiger partial charge in [-0.25, -0.2) is 13.2 Å². The lowest BCUT2D eigenvalue weighted by molar-refractivity contribution is 0.0692. The van der Waals surface area contributed by atoms with Gasteiger partial charge in [-0.1, -0.05) is 48.5 Å². The van der Waals surface area contributed by atoms with E-state index in [1.807, 2.05) is 18.2 Å². The highest BCUT2D eigenvalue weighted by Crippen LogP contribution is 2.29. The van der Waals surface area contributed by atoms with Crippen LogP contribution >= 0.6 is 0 Å². The summed E-state index contributed by atoms with van der Waals surface area (Å²) in [7, 11) is -3.92. The Morgan fingerprint density at radius 1 is 0.773 bits per heavy atom. The Bertz CT molecular complexity index is 969. The molecule has 0 amide bonds. The second-order valence-electron chi connectivity index (χ2n) is 4.78. The number of hydrogen-bond donors (Lipinski definition) is 1. The molecule has 0 fully saturated rings. The summed E-state index contributed by atoms with van der Waals surface area (Å²) in [6, 6.07) is 17.7. The first-order chi connectivity index (χ1) is 10.5. The maximum atomic E-state index is 12.9. The molecule has 3 aromatic rings. The molecule has 0 heterocycles. The number of benzene rings is 3. The molecular weight excluding hydrogens is 300 g/mol. The smallest absolute Gasteiger partial charge is 0.337 e. The van der Waals surface area contributed by atoms with E-state index < -0.39 is 15.8 Å². The van der Waals surface area contributed by atoms with Gasteiger partial charge in [0.1, 0.15) is 0 Å². The Morgan fingerprint density at radius 2 is 1.36 bits per heavy atom. The number of rotatable bonds is 3. The van der Waals surface area contributed by atoms with Crippen molar-refractivity contribution >= 4 is 26.6 Å². The number of aromatic carboxylic acids is 1. The van der Waals surface area contributed by atoms with Crippen molar-refractivity contribution in [3.8, 4) is 0 Å². The number of carboxylic acid groups (broad SMARTS) is 1. The molecule has 0 aliphatic carbocycles. The van der Waals surface area contributed by atoms with Crippen molar-refractivity contribution in [2.45, 2.75) is 9.79 Å². The standard InChI is InChI=1S/C17H12O4S/c18-17(19)14-9-3-4-10-16(14)22(20,21)15-11-5-7-12-6-1-2-8-13(12)15/h1-11H,(H,18,19). The van der Waals surface area contributed by atoms with Gasteiger partial charge in [0.2, 0.25) is 9.84 Å². The summed E-state index contributed by atoms with van der Waals surface area (Å²) >= 11 is 0. The van der Waals surface area contributed by atoms with Crippen LogP contribution in [0.1, 0.15) is 10.4 Å².